The Morgan fingerprint density at radius 3 is 2.86 bits per heavy atom. The van der Waals surface area contributed by atoms with Crippen molar-refractivity contribution < 1.29 is 14.3 Å². The van der Waals surface area contributed by atoms with Gasteiger partial charge in [-0.3, -0.25) is 14.5 Å². The zero-order valence-electron chi connectivity index (χ0n) is 16.9. The lowest BCUT2D eigenvalue weighted by Gasteiger charge is -2.33. The van der Waals surface area contributed by atoms with Crippen LogP contribution in [0.15, 0.2) is 24.4 Å². The lowest BCUT2D eigenvalue weighted by molar-refractivity contribution is -0.122. The van der Waals surface area contributed by atoms with Crippen molar-refractivity contribution in [2.24, 2.45) is 0 Å². The van der Waals surface area contributed by atoms with Gasteiger partial charge in [0.2, 0.25) is 5.91 Å². The largest absolute Gasteiger partial charge is 0.376 e. The molecule has 0 saturated carbocycles. The number of rotatable bonds is 5. The number of aryl methyl sites for hydroxylation is 1. The third kappa shape index (κ3) is 3.59. The van der Waals surface area contributed by atoms with E-state index in [-0.39, 0.29) is 30.4 Å². The number of hydrogen-bond acceptors (Lipinski definition) is 4. The van der Waals surface area contributed by atoms with E-state index in [4.69, 9.17) is 4.74 Å². The standard InChI is InChI=1S/C22H29N3O3/c1-4-16-6-5-7-19-20(15(3)26)11-25(22(16)19)12-21(27)23-17-8-18-13-28-14(2)9-24(18)10-17/h5-7,11,14,17-18H,4,8-10,12-13H2,1-3H3,(H,23,27)/t14-,17-,18+/m1/s1. The second-order valence-corrected chi connectivity index (χ2v) is 8.15. The number of benzene rings is 1. The summed E-state index contributed by atoms with van der Waals surface area (Å²) < 4.78 is 7.69. The molecule has 1 aromatic heterocycles. The molecule has 2 fully saturated rings. The Balaban J connectivity index is 1.50. The molecule has 2 aliphatic rings. The van der Waals surface area contributed by atoms with Gasteiger partial charge in [-0.2, -0.15) is 0 Å². The molecule has 0 aliphatic carbocycles. The van der Waals surface area contributed by atoms with Crippen LogP contribution in [0.3, 0.4) is 0 Å². The van der Waals surface area contributed by atoms with E-state index in [1.165, 1.54) is 0 Å². The smallest absolute Gasteiger partial charge is 0.240 e. The summed E-state index contributed by atoms with van der Waals surface area (Å²) >= 11 is 0. The molecule has 1 aromatic carbocycles. The van der Waals surface area contributed by atoms with E-state index in [1.54, 1.807) is 6.92 Å². The first-order chi connectivity index (χ1) is 13.5. The first-order valence-corrected chi connectivity index (χ1v) is 10.2. The van der Waals surface area contributed by atoms with Gasteiger partial charge in [0.15, 0.2) is 5.78 Å². The van der Waals surface area contributed by atoms with E-state index in [9.17, 15) is 9.59 Å². The average molecular weight is 383 g/mol. The predicted molar refractivity (Wildman–Crippen MR) is 109 cm³/mol. The molecule has 2 aromatic rings. The molecular weight excluding hydrogens is 354 g/mol. The maximum Gasteiger partial charge on any atom is 0.240 e. The minimum Gasteiger partial charge on any atom is -0.376 e. The molecule has 1 N–H and O–H groups in total. The van der Waals surface area contributed by atoms with E-state index in [2.05, 4.69) is 30.1 Å². The van der Waals surface area contributed by atoms with Crippen LogP contribution in [0.1, 0.15) is 43.1 Å². The van der Waals surface area contributed by atoms with Crippen molar-refractivity contribution in [1.29, 1.82) is 0 Å². The third-order valence-electron chi connectivity index (χ3n) is 6.01. The van der Waals surface area contributed by atoms with Crippen molar-refractivity contribution in [3.63, 3.8) is 0 Å². The summed E-state index contributed by atoms with van der Waals surface area (Å²) in [4.78, 5) is 27.3. The molecule has 4 rings (SSSR count). The second kappa shape index (κ2) is 7.68. The molecule has 28 heavy (non-hydrogen) atoms. The molecule has 3 heterocycles. The number of carbonyl (C=O) groups excluding carboxylic acids is 2. The van der Waals surface area contributed by atoms with Crippen LogP contribution in [0.2, 0.25) is 0 Å². The number of hydrogen-bond donors (Lipinski definition) is 1. The van der Waals surface area contributed by atoms with Crippen LogP contribution < -0.4 is 5.32 Å². The fraction of sp³-hybridized carbons (Fsp3) is 0.545. The minimum absolute atomic E-state index is 0.00304. The summed E-state index contributed by atoms with van der Waals surface area (Å²) in [5.41, 5.74) is 2.83. The molecule has 0 radical (unpaired) electrons. The number of nitrogens with zero attached hydrogens (tertiary/aromatic N) is 2. The summed E-state index contributed by atoms with van der Waals surface area (Å²) in [7, 11) is 0. The van der Waals surface area contributed by atoms with Gasteiger partial charge in [0.05, 0.1) is 18.2 Å². The van der Waals surface area contributed by atoms with E-state index < -0.39 is 0 Å². The summed E-state index contributed by atoms with van der Waals surface area (Å²) in [5, 5.41) is 4.13. The molecular formula is C22H29N3O3. The van der Waals surface area contributed by atoms with Gasteiger partial charge >= 0.3 is 0 Å². The molecule has 0 spiro atoms. The van der Waals surface area contributed by atoms with E-state index in [0.717, 1.165) is 49.0 Å². The molecule has 0 unspecified atom stereocenters. The Bertz CT molecular complexity index is 904. The predicted octanol–water partition coefficient (Wildman–Crippen LogP) is 2.38. The molecule has 2 aliphatic heterocycles. The van der Waals surface area contributed by atoms with Crippen LogP contribution in [-0.4, -0.2) is 59.0 Å². The van der Waals surface area contributed by atoms with Crippen molar-refractivity contribution in [3.05, 3.63) is 35.5 Å². The Kier molecular flexibility index (Phi) is 5.25. The summed E-state index contributed by atoms with van der Waals surface area (Å²) in [6.45, 7) is 8.56. The number of carbonyl (C=O) groups is 2. The van der Waals surface area contributed by atoms with Crippen LogP contribution in [0.5, 0.6) is 0 Å². The lowest BCUT2D eigenvalue weighted by atomic mass is 10.1. The van der Waals surface area contributed by atoms with Crippen molar-refractivity contribution in [3.8, 4) is 0 Å². The highest BCUT2D eigenvalue weighted by molar-refractivity contribution is 6.07. The minimum atomic E-state index is -0.00304. The van der Waals surface area contributed by atoms with Crippen LogP contribution in [0, 0.1) is 0 Å². The number of fused-ring (bicyclic) bond motifs is 2. The quantitative estimate of drug-likeness (QED) is 0.806. The number of para-hydroxylation sites is 1. The monoisotopic (exact) mass is 383 g/mol. The number of nitrogens with one attached hydrogen (secondary N) is 1. The summed E-state index contributed by atoms with van der Waals surface area (Å²) in [6.07, 6.45) is 3.88. The number of Topliss-reactive ketones (excluding diaryl/α,β-unsaturated/α-hetero) is 1. The molecule has 0 bridgehead atoms. The highest BCUT2D eigenvalue weighted by Gasteiger charge is 2.36. The van der Waals surface area contributed by atoms with Crippen molar-refractivity contribution >= 4 is 22.6 Å². The van der Waals surface area contributed by atoms with Gasteiger partial charge in [-0.1, -0.05) is 25.1 Å². The van der Waals surface area contributed by atoms with Crippen LogP contribution in [0.25, 0.3) is 10.9 Å². The van der Waals surface area contributed by atoms with Gasteiger partial charge in [-0.05, 0) is 32.3 Å². The topological polar surface area (TPSA) is 63.6 Å². The van der Waals surface area contributed by atoms with Crippen molar-refractivity contribution in [1.82, 2.24) is 14.8 Å². The fourth-order valence-corrected chi connectivity index (χ4v) is 4.70. The first kappa shape index (κ1) is 19.2. The normalized spacial score (nSPS) is 25.0. The van der Waals surface area contributed by atoms with E-state index >= 15 is 0 Å². The highest BCUT2D eigenvalue weighted by atomic mass is 16.5. The number of amides is 1. The summed E-state index contributed by atoms with van der Waals surface area (Å²) in [5.74, 6) is 0.0240. The van der Waals surface area contributed by atoms with Crippen molar-refractivity contribution in [2.45, 2.75) is 58.3 Å². The SMILES string of the molecule is CCc1cccc2c(C(C)=O)cn(CC(=O)N[C@@H]3C[C@H]4CO[C@H](C)CN4C3)c12. The van der Waals surface area contributed by atoms with Gasteiger partial charge in [0.1, 0.15) is 6.54 Å². The van der Waals surface area contributed by atoms with Gasteiger partial charge in [0, 0.05) is 42.3 Å². The lowest BCUT2D eigenvalue weighted by Crippen LogP contribution is -2.45. The zero-order chi connectivity index (χ0) is 19.8. The molecule has 1 amide bonds. The fourth-order valence-electron chi connectivity index (χ4n) is 4.70. The molecule has 150 valence electrons. The number of ether oxygens (including phenoxy) is 1. The average Bonchev–Trinajstić information content (AvgIpc) is 3.22. The van der Waals surface area contributed by atoms with Crippen LogP contribution in [-0.2, 0) is 22.5 Å². The Hall–Kier alpha value is -2.18. The Labute approximate surface area is 165 Å². The number of aromatic nitrogens is 1. The summed E-state index contributed by atoms with van der Waals surface area (Å²) in [6, 6.07) is 6.58. The van der Waals surface area contributed by atoms with Gasteiger partial charge in [-0.25, -0.2) is 0 Å². The Morgan fingerprint density at radius 1 is 1.29 bits per heavy atom. The van der Waals surface area contributed by atoms with Gasteiger partial charge < -0.3 is 14.6 Å². The molecule has 6 nitrogen and oxygen atoms in total. The van der Waals surface area contributed by atoms with E-state index in [0.29, 0.717) is 11.6 Å². The van der Waals surface area contributed by atoms with Crippen LogP contribution >= 0.6 is 0 Å². The molecule has 6 heteroatoms. The molecule has 3 atom stereocenters. The van der Waals surface area contributed by atoms with E-state index in [1.807, 2.05) is 22.9 Å². The van der Waals surface area contributed by atoms with Gasteiger partial charge in [-0.15, -0.1) is 0 Å². The van der Waals surface area contributed by atoms with Crippen LogP contribution in [0.4, 0.5) is 0 Å². The molecule has 2 saturated heterocycles. The maximum absolute atomic E-state index is 12.8. The van der Waals surface area contributed by atoms with Gasteiger partial charge in [0.25, 0.3) is 0 Å². The third-order valence-corrected chi connectivity index (χ3v) is 6.01. The maximum atomic E-state index is 12.8. The number of ketones is 1. The van der Waals surface area contributed by atoms with Crippen molar-refractivity contribution in [2.75, 3.05) is 19.7 Å². The highest BCUT2D eigenvalue weighted by Crippen LogP contribution is 2.26. The first-order valence-electron chi connectivity index (χ1n) is 10.2. The zero-order valence-corrected chi connectivity index (χ0v) is 16.9. The number of morpholine rings is 1. The Morgan fingerprint density at radius 2 is 2.11 bits per heavy atom. The second-order valence-electron chi connectivity index (χ2n) is 8.15.